The topological polar surface area (TPSA) is 102 Å². The largest absolute Gasteiger partial charge is 0.495 e. The van der Waals surface area contributed by atoms with Crippen molar-refractivity contribution in [2.75, 3.05) is 32.1 Å². The molecule has 8 nitrogen and oxygen atoms in total. The van der Waals surface area contributed by atoms with Crippen molar-refractivity contribution < 1.29 is 27.5 Å². The SMILES string of the molecule is CCCCOC(=O)c1ccc(NC(=O)CN(CC)S(=O)(=O)c2ccc(OC)c(Cl)c2)cc1. The molecule has 2 rings (SSSR count). The highest BCUT2D eigenvalue weighted by Gasteiger charge is 2.26. The Morgan fingerprint density at radius 2 is 1.78 bits per heavy atom. The molecule has 0 saturated carbocycles. The molecule has 0 radical (unpaired) electrons. The maximum atomic E-state index is 12.9. The van der Waals surface area contributed by atoms with E-state index in [0.29, 0.717) is 23.6 Å². The summed E-state index contributed by atoms with van der Waals surface area (Å²) < 4.78 is 37.1. The van der Waals surface area contributed by atoms with Crippen molar-refractivity contribution in [3.05, 3.63) is 53.1 Å². The first-order valence-electron chi connectivity index (χ1n) is 10.1. The van der Waals surface area contributed by atoms with Gasteiger partial charge in [-0.2, -0.15) is 4.31 Å². The highest BCUT2D eigenvalue weighted by atomic mass is 35.5. The molecule has 2 aromatic carbocycles. The highest BCUT2D eigenvalue weighted by molar-refractivity contribution is 7.89. The number of nitrogens with zero attached hydrogens (tertiary/aromatic N) is 1. The number of sulfonamides is 1. The van der Waals surface area contributed by atoms with Crippen LogP contribution < -0.4 is 10.1 Å². The smallest absolute Gasteiger partial charge is 0.338 e. The predicted molar refractivity (Wildman–Crippen MR) is 123 cm³/mol. The fraction of sp³-hybridized carbons (Fsp3) is 0.364. The van der Waals surface area contributed by atoms with Crippen LogP contribution in [-0.4, -0.2) is 51.4 Å². The molecule has 0 aliphatic heterocycles. The first kappa shape index (κ1) is 25.6. The van der Waals surface area contributed by atoms with Gasteiger partial charge in [-0.15, -0.1) is 0 Å². The zero-order chi connectivity index (χ0) is 23.7. The van der Waals surface area contributed by atoms with Gasteiger partial charge in [-0.05, 0) is 48.9 Å². The zero-order valence-corrected chi connectivity index (χ0v) is 19.8. The van der Waals surface area contributed by atoms with Crippen molar-refractivity contribution in [1.29, 1.82) is 0 Å². The molecule has 2 aromatic rings. The number of ether oxygens (including phenoxy) is 2. The number of likely N-dealkylation sites (N-methyl/N-ethyl adjacent to an activating group) is 1. The van der Waals surface area contributed by atoms with Crippen LogP contribution in [0.1, 0.15) is 37.0 Å². The number of anilines is 1. The van der Waals surface area contributed by atoms with Crippen molar-refractivity contribution in [1.82, 2.24) is 4.31 Å². The van der Waals surface area contributed by atoms with Crippen LogP contribution in [-0.2, 0) is 19.6 Å². The van der Waals surface area contributed by atoms with Crippen molar-refractivity contribution in [3.8, 4) is 5.75 Å². The number of esters is 1. The van der Waals surface area contributed by atoms with Gasteiger partial charge < -0.3 is 14.8 Å². The lowest BCUT2D eigenvalue weighted by atomic mass is 10.2. The van der Waals surface area contributed by atoms with Crippen molar-refractivity contribution in [2.45, 2.75) is 31.6 Å². The number of halogens is 1. The third-order valence-corrected chi connectivity index (χ3v) is 6.78. The van der Waals surface area contributed by atoms with E-state index in [2.05, 4.69) is 5.32 Å². The molecule has 0 unspecified atom stereocenters. The summed E-state index contributed by atoms with van der Waals surface area (Å²) in [5.74, 6) is -0.602. The Hall–Kier alpha value is -2.62. The molecule has 0 aliphatic rings. The van der Waals surface area contributed by atoms with E-state index in [-0.39, 0.29) is 23.0 Å². The van der Waals surface area contributed by atoms with Crippen molar-refractivity contribution >= 4 is 39.2 Å². The van der Waals surface area contributed by atoms with E-state index in [9.17, 15) is 18.0 Å². The van der Waals surface area contributed by atoms with E-state index in [4.69, 9.17) is 21.1 Å². The van der Waals surface area contributed by atoms with Crippen LogP contribution in [0.4, 0.5) is 5.69 Å². The zero-order valence-electron chi connectivity index (χ0n) is 18.3. The lowest BCUT2D eigenvalue weighted by Gasteiger charge is -2.20. The lowest BCUT2D eigenvalue weighted by Crippen LogP contribution is -2.37. The second kappa shape index (κ2) is 11.8. The minimum absolute atomic E-state index is 0.0381. The van der Waals surface area contributed by atoms with Gasteiger partial charge in [-0.3, -0.25) is 4.79 Å². The summed E-state index contributed by atoms with van der Waals surface area (Å²) in [5, 5.41) is 2.79. The Morgan fingerprint density at radius 1 is 1.09 bits per heavy atom. The molecule has 0 atom stereocenters. The summed E-state index contributed by atoms with van der Waals surface area (Å²) in [6, 6.07) is 10.3. The van der Waals surface area contributed by atoms with Gasteiger partial charge in [-0.1, -0.05) is 31.9 Å². The van der Waals surface area contributed by atoms with Gasteiger partial charge in [-0.25, -0.2) is 13.2 Å². The first-order chi connectivity index (χ1) is 15.2. The summed E-state index contributed by atoms with van der Waals surface area (Å²) in [6.45, 7) is 3.69. The van der Waals surface area contributed by atoms with E-state index in [1.54, 1.807) is 19.1 Å². The fourth-order valence-corrected chi connectivity index (χ4v) is 4.52. The Bertz CT molecular complexity index is 1040. The Morgan fingerprint density at radius 3 is 2.34 bits per heavy atom. The molecule has 0 bridgehead atoms. The van der Waals surface area contributed by atoms with Gasteiger partial charge in [0, 0.05) is 12.2 Å². The third-order valence-electron chi connectivity index (χ3n) is 4.57. The van der Waals surface area contributed by atoms with Gasteiger partial charge in [0.25, 0.3) is 0 Å². The minimum Gasteiger partial charge on any atom is -0.495 e. The van der Waals surface area contributed by atoms with Crippen molar-refractivity contribution in [2.24, 2.45) is 0 Å². The molecule has 10 heteroatoms. The maximum Gasteiger partial charge on any atom is 0.338 e. The van der Waals surface area contributed by atoms with Gasteiger partial charge in [0.2, 0.25) is 15.9 Å². The predicted octanol–water partition coefficient (Wildman–Crippen LogP) is 3.95. The number of carbonyl (C=O) groups excluding carboxylic acids is 2. The molecule has 0 aromatic heterocycles. The molecule has 1 N–H and O–H groups in total. The summed E-state index contributed by atoms with van der Waals surface area (Å²) in [4.78, 5) is 24.4. The normalized spacial score (nSPS) is 11.3. The first-order valence-corrected chi connectivity index (χ1v) is 12.0. The van der Waals surface area contributed by atoms with Crippen LogP contribution in [0.25, 0.3) is 0 Å². The van der Waals surface area contributed by atoms with Crippen LogP contribution in [0, 0.1) is 0 Å². The Kier molecular flexibility index (Phi) is 9.49. The lowest BCUT2D eigenvalue weighted by molar-refractivity contribution is -0.116. The van der Waals surface area contributed by atoms with Gasteiger partial charge >= 0.3 is 5.97 Å². The molecule has 1 amide bonds. The van der Waals surface area contributed by atoms with Crippen LogP contribution >= 0.6 is 11.6 Å². The average molecular weight is 483 g/mol. The molecule has 0 aliphatic carbocycles. The summed E-state index contributed by atoms with van der Waals surface area (Å²) in [5.41, 5.74) is 0.800. The molecule has 0 saturated heterocycles. The number of benzene rings is 2. The molecular weight excluding hydrogens is 456 g/mol. The van der Waals surface area contributed by atoms with Gasteiger partial charge in [0.05, 0.1) is 35.7 Å². The molecular formula is C22H27ClN2O6S. The number of hydrogen-bond acceptors (Lipinski definition) is 6. The number of rotatable bonds is 11. The molecule has 32 heavy (non-hydrogen) atoms. The van der Waals surface area contributed by atoms with Crippen LogP contribution in [0.15, 0.2) is 47.4 Å². The second-order valence-corrected chi connectivity index (χ2v) is 9.19. The number of hydrogen-bond donors (Lipinski definition) is 1. The quantitative estimate of drug-likeness (QED) is 0.384. The molecule has 0 fully saturated rings. The fourth-order valence-electron chi connectivity index (χ4n) is 2.77. The number of amides is 1. The average Bonchev–Trinajstić information content (AvgIpc) is 2.77. The van der Waals surface area contributed by atoms with Gasteiger partial charge in [0.1, 0.15) is 5.75 Å². The van der Waals surface area contributed by atoms with Crippen LogP contribution in [0.2, 0.25) is 5.02 Å². The van der Waals surface area contributed by atoms with Crippen molar-refractivity contribution in [3.63, 3.8) is 0 Å². The van der Waals surface area contributed by atoms with E-state index < -0.39 is 21.9 Å². The number of unbranched alkanes of at least 4 members (excludes halogenated alkanes) is 1. The highest BCUT2D eigenvalue weighted by Crippen LogP contribution is 2.28. The van der Waals surface area contributed by atoms with E-state index >= 15 is 0 Å². The standard InChI is InChI=1S/C22H27ClN2O6S/c1-4-6-13-31-22(27)16-7-9-17(10-8-16)24-21(26)15-25(5-2)32(28,29)18-11-12-20(30-3)19(23)14-18/h7-12,14H,4-6,13,15H2,1-3H3,(H,24,26). The van der Waals surface area contributed by atoms with Crippen LogP contribution in [0.5, 0.6) is 5.75 Å². The van der Waals surface area contributed by atoms with Crippen LogP contribution in [0.3, 0.4) is 0 Å². The van der Waals surface area contributed by atoms with E-state index in [1.807, 2.05) is 6.92 Å². The molecule has 0 spiro atoms. The maximum absolute atomic E-state index is 12.9. The third kappa shape index (κ3) is 6.69. The Labute approximate surface area is 193 Å². The second-order valence-electron chi connectivity index (χ2n) is 6.84. The van der Waals surface area contributed by atoms with Gasteiger partial charge in [0.15, 0.2) is 0 Å². The minimum atomic E-state index is -3.94. The Balaban J connectivity index is 2.04. The molecule has 174 valence electrons. The van der Waals surface area contributed by atoms with E-state index in [0.717, 1.165) is 17.1 Å². The summed E-state index contributed by atoms with van der Waals surface area (Å²) in [6.07, 6.45) is 1.72. The number of carbonyl (C=O) groups is 2. The monoisotopic (exact) mass is 482 g/mol. The number of nitrogens with one attached hydrogen (secondary N) is 1. The number of methoxy groups -OCH3 is 1. The molecule has 0 heterocycles. The summed E-state index contributed by atoms with van der Waals surface area (Å²) in [7, 11) is -2.51. The van der Waals surface area contributed by atoms with E-state index in [1.165, 1.54) is 37.4 Å². The summed E-state index contributed by atoms with van der Waals surface area (Å²) >= 11 is 6.05.